The van der Waals surface area contributed by atoms with Crippen LogP contribution in [0, 0.1) is 0 Å². The Morgan fingerprint density at radius 2 is 1.90 bits per heavy atom. The first kappa shape index (κ1) is 17.5. The zero-order valence-corrected chi connectivity index (χ0v) is 13.1. The van der Waals surface area contributed by atoms with Crippen LogP contribution in [0.4, 0.5) is 0 Å². The van der Waals surface area contributed by atoms with Crippen LogP contribution in [0.5, 0.6) is 0 Å². The van der Waals surface area contributed by atoms with E-state index in [1.54, 1.807) is 29.2 Å². The smallest absolute Gasteiger partial charge is 0.251 e. The number of hydrogen-bond acceptors (Lipinski definition) is 3. The van der Waals surface area contributed by atoms with Gasteiger partial charge in [-0.2, -0.15) is 0 Å². The molecule has 0 saturated carbocycles. The fourth-order valence-corrected chi connectivity index (χ4v) is 2.00. The zero-order valence-electron chi connectivity index (χ0n) is 12.3. The lowest BCUT2D eigenvalue weighted by Gasteiger charge is -2.26. The summed E-state index contributed by atoms with van der Waals surface area (Å²) in [7, 11) is 0. The molecule has 5 nitrogen and oxygen atoms in total. The Hall–Kier alpha value is -1.59. The second-order valence-electron chi connectivity index (χ2n) is 4.95. The van der Waals surface area contributed by atoms with Gasteiger partial charge in [-0.15, -0.1) is 0 Å². The van der Waals surface area contributed by atoms with E-state index in [1.165, 1.54) is 0 Å². The van der Waals surface area contributed by atoms with Gasteiger partial charge in [0.1, 0.15) is 0 Å². The Morgan fingerprint density at radius 1 is 1.29 bits per heavy atom. The van der Waals surface area contributed by atoms with Crippen LogP contribution in [0.25, 0.3) is 0 Å². The molecule has 1 rings (SSSR count). The average Bonchev–Trinajstić information content (AvgIpc) is 2.45. The van der Waals surface area contributed by atoms with Crippen LogP contribution in [0.15, 0.2) is 24.3 Å². The fourth-order valence-electron chi connectivity index (χ4n) is 1.87. The first-order chi connectivity index (χ1) is 9.95. The third kappa shape index (κ3) is 5.73. The molecule has 2 N–H and O–H groups in total. The van der Waals surface area contributed by atoms with Gasteiger partial charge in [0.05, 0.1) is 6.54 Å². The van der Waals surface area contributed by atoms with Gasteiger partial charge >= 0.3 is 0 Å². The van der Waals surface area contributed by atoms with Crippen molar-refractivity contribution in [3.8, 4) is 0 Å². The van der Waals surface area contributed by atoms with Gasteiger partial charge in [0.15, 0.2) is 0 Å². The topological polar surface area (TPSA) is 69.6 Å². The van der Waals surface area contributed by atoms with E-state index in [0.717, 1.165) is 0 Å². The molecule has 1 aromatic carbocycles. The molecule has 0 atom stereocenters. The highest BCUT2D eigenvalue weighted by molar-refractivity contribution is 6.30. The molecule has 0 unspecified atom stereocenters. The summed E-state index contributed by atoms with van der Waals surface area (Å²) in [5.74, 6) is -0.480. The maximum atomic E-state index is 12.1. The Bertz CT molecular complexity index is 474. The van der Waals surface area contributed by atoms with Crippen molar-refractivity contribution in [2.75, 3.05) is 19.7 Å². The third-order valence-corrected chi connectivity index (χ3v) is 3.26. The first-order valence-electron chi connectivity index (χ1n) is 6.89. The predicted molar refractivity (Wildman–Crippen MR) is 82.3 cm³/mol. The van der Waals surface area contributed by atoms with Crippen LogP contribution in [0.2, 0.25) is 5.02 Å². The van der Waals surface area contributed by atoms with Crippen LogP contribution < -0.4 is 5.32 Å². The molecule has 0 heterocycles. The van der Waals surface area contributed by atoms with Crippen molar-refractivity contribution in [1.29, 1.82) is 0 Å². The molecule has 6 heteroatoms. The average molecular weight is 313 g/mol. The molecule has 0 saturated heterocycles. The third-order valence-electron chi connectivity index (χ3n) is 3.01. The molecule has 0 bridgehead atoms. The quantitative estimate of drug-likeness (QED) is 0.805. The molecule has 0 aliphatic carbocycles. The van der Waals surface area contributed by atoms with Gasteiger partial charge in [-0.25, -0.2) is 0 Å². The van der Waals surface area contributed by atoms with E-state index >= 15 is 0 Å². The van der Waals surface area contributed by atoms with Gasteiger partial charge in [-0.3, -0.25) is 9.59 Å². The summed E-state index contributed by atoms with van der Waals surface area (Å²) >= 11 is 5.76. The molecule has 0 aliphatic rings. The molecular weight excluding hydrogens is 292 g/mol. The predicted octanol–water partition coefficient (Wildman–Crippen LogP) is 1.69. The Morgan fingerprint density at radius 3 is 2.43 bits per heavy atom. The largest absolute Gasteiger partial charge is 0.396 e. The van der Waals surface area contributed by atoms with Crippen molar-refractivity contribution in [1.82, 2.24) is 10.2 Å². The SMILES string of the molecule is CC(C)N(CCCO)C(=O)CNC(=O)c1ccc(Cl)cc1. The van der Waals surface area contributed by atoms with Crippen LogP contribution in [0.1, 0.15) is 30.6 Å². The van der Waals surface area contributed by atoms with Gasteiger partial charge in [-0.05, 0) is 44.5 Å². The summed E-state index contributed by atoms with van der Waals surface area (Å²) < 4.78 is 0. The monoisotopic (exact) mass is 312 g/mol. The number of carbonyl (C=O) groups excluding carboxylic acids is 2. The molecule has 0 aromatic heterocycles. The molecule has 116 valence electrons. The van der Waals surface area contributed by atoms with Gasteiger partial charge in [0.2, 0.25) is 5.91 Å². The molecule has 0 fully saturated rings. The molecule has 1 aromatic rings. The van der Waals surface area contributed by atoms with Crippen LogP contribution >= 0.6 is 11.6 Å². The number of aliphatic hydroxyl groups is 1. The molecule has 0 aliphatic heterocycles. The highest BCUT2D eigenvalue weighted by Gasteiger charge is 2.17. The highest BCUT2D eigenvalue weighted by Crippen LogP contribution is 2.09. The van der Waals surface area contributed by atoms with Crippen LogP contribution in [0.3, 0.4) is 0 Å². The van der Waals surface area contributed by atoms with Crippen molar-refractivity contribution in [3.05, 3.63) is 34.9 Å². The Kier molecular flexibility index (Phi) is 7.19. The van der Waals surface area contributed by atoms with E-state index in [1.807, 2.05) is 13.8 Å². The lowest BCUT2D eigenvalue weighted by atomic mass is 10.2. The summed E-state index contributed by atoms with van der Waals surface area (Å²) in [6.07, 6.45) is 0.523. The fraction of sp³-hybridized carbons (Fsp3) is 0.467. The Balaban J connectivity index is 2.54. The molecule has 0 spiro atoms. The number of halogens is 1. The second-order valence-corrected chi connectivity index (χ2v) is 5.38. The van der Waals surface area contributed by atoms with Crippen molar-refractivity contribution in [2.24, 2.45) is 0 Å². The van der Waals surface area contributed by atoms with Gasteiger partial charge in [0, 0.05) is 29.8 Å². The minimum Gasteiger partial charge on any atom is -0.396 e. The van der Waals surface area contributed by atoms with E-state index < -0.39 is 0 Å². The molecule has 21 heavy (non-hydrogen) atoms. The molecule has 0 radical (unpaired) electrons. The minimum absolute atomic E-state index is 0.0245. The molecule has 2 amide bonds. The number of carbonyl (C=O) groups is 2. The standard InChI is InChI=1S/C15H21ClN2O3/c1-11(2)18(8-3-9-19)14(20)10-17-15(21)12-4-6-13(16)7-5-12/h4-7,11,19H,3,8-10H2,1-2H3,(H,17,21). The van der Waals surface area contributed by atoms with Gasteiger partial charge in [0.25, 0.3) is 5.91 Å². The molecular formula is C15H21ClN2O3. The summed E-state index contributed by atoms with van der Waals surface area (Å²) in [5.41, 5.74) is 0.457. The van der Waals surface area contributed by atoms with E-state index in [-0.39, 0.29) is 31.0 Å². The first-order valence-corrected chi connectivity index (χ1v) is 7.27. The summed E-state index contributed by atoms with van der Waals surface area (Å²) in [4.78, 5) is 25.6. The van der Waals surface area contributed by atoms with Crippen molar-refractivity contribution in [2.45, 2.75) is 26.3 Å². The number of nitrogens with one attached hydrogen (secondary N) is 1. The lowest BCUT2D eigenvalue weighted by Crippen LogP contribution is -2.44. The Labute approximate surface area is 129 Å². The van der Waals surface area contributed by atoms with E-state index in [9.17, 15) is 9.59 Å². The number of aliphatic hydroxyl groups excluding tert-OH is 1. The highest BCUT2D eigenvalue weighted by atomic mass is 35.5. The van der Waals surface area contributed by atoms with E-state index in [2.05, 4.69) is 5.32 Å². The van der Waals surface area contributed by atoms with Gasteiger partial charge < -0.3 is 15.3 Å². The van der Waals surface area contributed by atoms with Crippen molar-refractivity contribution < 1.29 is 14.7 Å². The van der Waals surface area contributed by atoms with Crippen LogP contribution in [-0.4, -0.2) is 47.6 Å². The maximum Gasteiger partial charge on any atom is 0.251 e. The van der Waals surface area contributed by atoms with E-state index in [4.69, 9.17) is 16.7 Å². The van der Waals surface area contributed by atoms with Gasteiger partial charge in [-0.1, -0.05) is 11.6 Å². The summed E-state index contributed by atoms with van der Waals surface area (Å²) in [5, 5.41) is 12.0. The summed E-state index contributed by atoms with van der Waals surface area (Å²) in [6.45, 7) is 4.25. The number of amides is 2. The maximum absolute atomic E-state index is 12.1. The lowest BCUT2D eigenvalue weighted by molar-refractivity contribution is -0.131. The normalized spacial score (nSPS) is 10.5. The summed E-state index contributed by atoms with van der Waals surface area (Å²) in [6, 6.07) is 6.48. The van der Waals surface area contributed by atoms with Crippen molar-refractivity contribution in [3.63, 3.8) is 0 Å². The number of hydrogen-bond donors (Lipinski definition) is 2. The zero-order chi connectivity index (χ0) is 15.8. The number of rotatable bonds is 7. The van der Waals surface area contributed by atoms with E-state index in [0.29, 0.717) is 23.6 Å². The second kappa shape index (κ2) is 8.64. The van der Waals surface area contributed by atoms with Crippen molar-refractivity contribution >= 4 is 23.4 Å². The number of benzene rings is 1. The number of nitrogens with zero attached hydrogens (tertiary/aromatic N) is 1. The minimum atomic E-state index is -0.314. The van der Waals surface area contributed by atoms with Crippen LogP contribution in [-0.2, 0) is 4.79 Å².